The van der Waals surface area contributed by atoms with E-state index in [0.717, 1.165) is 0 Å². The maximum Gasteiger partial charge on any atom is 0.296 e. The van der Waals surface area contributed by atoms with Crippen molar-refractivity contribution in [2.75, 3.05) is 35.8 Å². The standard InChI is InChI=1S/C12H13BrN2O4S/c1-15(3-4-20(2,18)19)10-6-9-7(5-8(10)13)11(16)12(17)14-9/h5-6H,3-4H2,1-2H3,(H,14,16,17). The monoisotopic (exact) mass is 360 g/mol. The molecule has 1 aromatic carbocycles. The molecule has 6 nitrogen and oxygen atoms in total. The highest BCUT2D eigenvalue weighted by molar-refractivity contribution is 9.10. The Morgan fingerprint density at radius 1 is 1.30 bits per heavy atom. The van der Waals surface area contributed by atoms with E-state index in [1.54, 1.807) is 24.1 Å². The average molecular weight is 361 g/mol. The van der Waals surface area contributed by atoms with E-state index >= 15 is 0 Å². The van der Waals surface area contributed by atoms with Gasteiger partial charge in [-0.3, -0.25) is 9.59 Å². The summed E-state index contributed by atoms with van der Waals surface area (Å²) >= 11 is 3.34. The first-order valence-electron chi connectivity index (χ1n) is 5.77. The second-order valence-electron chi connectivity index (χ2n) is 4.68. The van der Waals surface area contributed by atoms with E-state index in [0.29, 0.717) is 28.0 Å². The van der Waals surface area contributed by atoms with Gasteiger partial charge in [0.1, 0.15) is 9.84 Å². The normalized spacial score (nSPS) is 14.2. The average Bonchev–Trinajstić information content (AvgIpc) is 2.61. The van der Waals surface area contributed by atoms with Crippen molar-refractivity contribution in [3.63, 3.8) is 0 Å². The van der Waals surface area contributed by atoms with Crippen molar-refractivity contribution in [1.29, 1.82) is 0 Å². The van der Waals surface area contributed by atoms with Crippen molar-refractivity contribution in [2.45, 2.75) is 0 Å². The summed E-state index contributed by atoms with van der Waals surface area (Å²) in [6.45, 7) is 0.318. The van der Waals surface area contributed by atoms with Gasteiger partial charge in [-0.25, -0.2) is 8.42 Å². The van der Waals surface area contributed by atoms with Crippen molar-refractivity contribution in [3.8, 4) is 0 Å². The number of nitrogens with zero attached hydrogens (tertiary/aromatic N) is 1. The summed E-state index contributed by atoms with van der Waals surface area (Å²) < 4.78 is 23.0. The van der Waals surface area contributed by atoms with E-state index in [-0.39, 0.29) is 5.75 Å². The zero-order valence-corrected chi connectivity index (χ0v) is 13.3. The lowest BCUT2D eigenvalue weighted by Crippen LogP contribution is -2.25. The maximum absolute atomic E-state index is 11.6. The molecule has 0 spiro atoms. The van der Waals surface area contributed by atoms with Gasteiger partial charge in [-0.1, -0.05) is 0 Å². The lowest BCUT2D eigenvalue weighted by atomic mass is 10.1. The van der Waals surface area contributed by atoms with E-state index in [1.807, 2.05) is 0 Å². The number of anilines is 2. The van der Waals surface area contributed by atoms with E-state index < -0.39 is 21.5 Å². The summed E-state index contributed by atoms with van der Waals surface area (Å²) in [5, 5.41) is 2.49. The van der Waals surface area contributed by atoms with Crippen LogP contribution in [0.3, 0.4) is 0 Å². The van der Waals surface area contributed by atoms with Crippen LogP contribution < -0.4 is 10.2 Å². The number of carbonyl (C=O) groups is 2. The van der Waals surface area contributed by atoms with Crippen molar-refractivity contribution in [3.05, 3.63) is 22.2 Å². The van der Waals surface area contributed by atoms with Crippen molar-refractivity contribution >= 4 is 48.8 Å². The van der Waals surface area contributed by atoms with Gasteiger partial charge in [0, 0.05) is 24.3 Å². The van der Waals surface area contributed by atoms with Gasteiger partial charge in [-0.2, -0.15) is 0 Å². The summed E-state index contributed by atoms with van der Waals surface area (Å²) in [7, 11) is -1.30. The molecule has 1 N–H and O–H groups in total. The minimum absolute atomic E-state index is 0.0261. The summed E-state index contributed by atoms with van der Waals surface area (Å²) in [5.74, 6) is -1.19. The van der Waals surface area contributed by atoms with Gasteiger partial charge < -0.3 is 10.2 Å². The van der Waals surface area contributed by atoms with Gasteiger partial charge in [0.2, 0.25) is 0 Å². The van der Waals surface area contributed by atoms with E-state index in [9.17, 15) is 18.0 Å². The van der Waals surface area contributed by atoms with Crippen LogP contribution in [0.25, 0.3) is 0 Å². The Bertz CT molecular complexity index is 700. The fourth-order valence-electron chi connectivity index (χ4n) is 1.87. The predicted octanol–water partition coefficient (Wildman–Crippen LogP) is 1.06. The third-order valence-electron chi connectivity index (χ3n) is 2.99. The molecule has 1 amide bonds. The molecular formula is C12H13BrN2O4S. The zero-order valence-electron chi connectivity index (χ0n) is 10.9. The second kappa shape index (κ2) is 5.17. The first-order chi connectivity index (χ1) is 9.19. The summed E-state index contributed by atoms with van der Waals surface area (Å²) in [5.41, 5.74) is 1.48. The van der Waals surface area contributed by atoms with Crippen LogP contribution >= 0.6 is 15.9 Å². The van der Waals surface area contributed by atoms with Gasteiger partial charge in [-0.05, 0) is 28.1 Å². The van der Waals surface area contributed by atoms with Crippen LogP contribution in [0.4, 0.5) is 11.4 Å². The molecule has 8 heteroatoms. The van der Waals surface area contributed by atoms with Crippen LogP contribution in [0, 0.1) is 0 Å². The molecule has 0 aliphatic carbocycles. The van der Waals surface area contributed by atoms with Crippen LogP contribution in [-0.4, -0.2) is 45.7 Å². The van der Waals surface area contributed by atoms with Gasteiger partial charge in [0.05, 0.1) is 22.7 Å². The van der Waals surface area contributed by atoms with Crippen LogP contribution in [-0.2, 0) is 14.6 Å². The lowest BCUT2D eigenvalue weighted by Gasteiger charge is -2.21. The molecule has 0 atom stereocenters. The molecule has 1 aromatic rings. The SMILES string of the molecule is CN(CCS(C)(=O)=O)c1cc2c(cc1Br)C(=O)C(=O)N2. The molecule has 108 valence electrons. The second-order valence-corrected chi connectivity index (χ2v) is 7.80. The van der Waals surface area contributed by atoms with Crippen molar-refractivity contribution < 1.29 is 18.0 Å². The number of amides is 1. The smallest absolute Gasteiger partial charge is 0.296 e. The third kappa shape index (κ3) is 3.01. The molecule has 2 rings (SSSR count). The van der Waals surface area contributed by atoms with Crippen LogP contribution in [0.1, 0.15) is 10.4 Å². The van der Waals surface area contributed by atoms with Crippen LogP contribution in [0.5, 0.6) is 0 Å². The molecule has 0 unspecified atom stereocenters. The molecule has 0 saturated heterocycles. The number of sulfone groups is 1. The molecule has 1 aliphatic rings. The molecule has 0 bridgehead atoms. The maximum atomic E-state index is 11.6. The number of benzene rings is 1. The Kier molecular flexibility index (Phi) is 3.88. The Balaban J connectivity index is 2.28. The van der Waals surface area contributed by atoms with Crippen molar-refractivity contribution in [2.24, 2.45) is 0 Å². The Labute approximate surface area is 125 Å². The largest absolute Gasteiger partial charge is 0.373 e. The number of rotatable bonds is 4. The molecule has 0 radical (unpaired) electrons. The highest BCUT2D eigenvalue weighted by Crippen LogP contribution is 2.34. The third-order valence-corrected chi connectivity index (χ3v) is 4.55. The van der Waals surface area contributed by atoms with E-state index in [4.69, 9.17) is 0 Å². The minimum Gasteiger partial charge on any atom is -0.373 e. The first-order valence-corrected chi connectivity index (χ1v) is 8.62. The number of hydrogen-bond donors (Lipinski definition) is 1. The fraction of sp³-hybridized carbons (Fsp3) is 0.333. The summed E-state index contributed by atoms with van der Waals surface area (Å²) in [6.07, 6.45) is 1.18. The fourth-order valence-corrected chi connectivity index (χ4v) is 3.12. The molecule has 1 aliphatic heterocycles. The summed E-state index contributed by atoms with van der Waals surface area (Å²) in [6, 6.07) is 3.23. The van der Waals surface area contributed by atoms with E-state index in [2.05, 4.69) is 21.2 Å². The molecule has 0 fully saturated rings. The molecule has 0 aromatic heterocycles. The number of ketones is 1. The number of carbonyl (C=O) groups excluding carboxylic acids is 2. The van der Waals surface area contributed by atoms with Crippen LogP contribution in [0.2, 0.25) is 0 Å². The number of halogens is 1. The first kappa shape index (κ1) is 15.0. The highest BCUT2D eigenvalue weighted by atomic mass is 79.9. The van der Waals surface area contributed by atoms with Gasteiger partial charge >= 0.3 is 0 Å². The summed E-state index contributed by atoms with van der Waals surface area (Å²) in [4.78, 5) is 24.6. The lowest BCUT2D eigenvalue weighted by molar-refractivity contribution is -0.112. The molecular weight excluding hydrogens is 348 g/mol. The number of Topliss-reactive ketones (excluding diaryl/α,β-unsaturated/α-hetero) is 1. The van der Waals surface area contributed by atoms with Gasteiger partial charge in [0.25, 0.3) is 11.7 Å². The molecule has 1 heterocycles. The Morgan fingerprint density at radius 3 is 2.55 bits per heavy atom. The van der Waals surface area contributed by atoms with Crippen LogP contribution in [0.15, 0.2) is 16.6 Å². The molecule has 20 heavy (non-hydrogen) atoms. The predicted molar refractivity (Wildman–Crippen MR) is 80.1 cm³/mol. The van der Waals surface area contributed by atoms with E-state index in [1.165, 1.54) is 6.26 Å². The quantitative estimate of drug-likeness (QED) is 0.811. The highest BCUT2D eigenvalue weighted by Gasteiger charge is 2.29. The number of nitrogens with one attached hydrogen (secondary N) is 1. The topological polar surface area (TPSA) is 83.6 Å². The molecule has 0 saturated carbocycles. The Hall–Kier alpha value is -1.41. The van der Waals surface area contributed by atoms with Gasteiger partial charge in [-0.15, -0.1) is 0 Å². The number of fused-ring (bicyclic) bond motifs is 1. The zero-order chi connectivity index (χ0) is 15.1. The number of hydrogen-bond acceptors (Lipinski definition) is 5. The van der Waals surface area contributed by atoms with Crippen molar-refractivity contribution in [1.82, 2.24) is 0 Å². The minimum atomic E-state index is -3.05. The Morgan fingerprint density at radius 2 is 1.95 bits per heavy atom. The van der Waals surface area contributed by atoms with Gasteiger partial charge in [0.15, 0.2) is 0 Å².